The van der Waals surface area contributed by atoms with Crippen LogP contribution in [0.25, 0.3) is 0 Å². The van der Waals surface area contributed by atoms with Crippen molar-refractivity contribution < 1.29 is 9.53 Å². The van der Waals surface area contributed by atoms with E-state index in [0.717, 1.165) is 19.4 Å². The van der Waals surface area contributed by atoms with Crippen LogP contribution in [0.5, 0.6) is 5.75 Å². The predicted octanol–water partition coefficient (Wildman–Crippen LogP) is 2.64. The number of carbonyl (C=O) groups is 1. The number of unbranched alkanes of at least 4 members (excludes halogenated alkanes) is 1. The van der Waals surface area contributed by atoms with Crippen LogP contribution in [0.15, 0.2) is 43.0 Å². The lowest BCUT2D eigenvalue weighted by Crippen LogP contribution is -2.33. The Hall–Kier alpha value is -2.01. The summed E-state index contributed by atoms with van der Waals surface area (Å²) in [6.07, 6.45) is 7.19. The van der Waals surface area contributed by atoms with Crippen molar-refractivity contribution in [3.63, 3.8) is 0 Å². The van der Waals surface area contributed by atoms with Crippen molar-refractivity contribution in [1.82, 2.24) is 9.55 Å². The van der Waals surface area contributed by atoms with Crippen molar-refractivity contribution in [3.8, 4) is 5.75 Å². The standard InChI is InChI=1S/C15H18ClN3O2/c16-12-4-6-13(7-5-12)21-14(15(17)20)3-1-2-9-19-10-8-18-11-19/h4-8,10-11,14H,1-3,9H2,(H2,17,20). The molecule has 21 heavy (non-hydrogen) atoms. The molecule has 1 heterocycles. The molecule has 0 radical (unpaired) electrons. The zero-order valence-electron chi connectivity index (χ0n) is 11.6. The second-order valence-corrected chi connectivity index (χ2v) is 5.20. The van der Waals surface area contributed by atoms with E-state index in [9.17, 15) is 4.79 Å². The van der Waals surface area contributed by atoms with E-state index in [1.165, 1.54) is 0 Å². The van der Waals surface area contributed by atoms with Gasteiger partial charge in [-0.05, 0) is 43.5 Å². The quantitative estimate of drug-likeness (QED) is 0.762. The Morgan fingerprint density at radius 1 is 1.33 bits per heavy atom. The Morgan fingerprint density at radius 3 is 2.71 bits per heavy atom. The van der Waals surface area contributed by atoms with E-state index in [0.29, 0.717) is 17.2 Å². The first-order chi connectivity index (χ1) is 10.1. The molecule has 0 fully saturated rings. The van der Waals surface area contributed by atoms with E-state index >= 15 is 0 Å². The number of hydrogen-bond donors (Lipinski definition) is 1. The molecular formula is C15H18ClN3O2. The number of ether oxygens (including phenoxy) is 1. The predicted molar refractivity (Wildman–Crippen MR) is 81.1 cm³/mol. The summed E-state index contributed by atoms with van der Waals surface area (Å²) in [6.45, 7) is 0.867. The fourth-order valence-electron chi connectivity index (χ4n) is 1.98. The monoisotopic (exact) mass is 307 g/mol. The van der Waals surface area contributed by atoms with Gasteiger partial charge in [-0.2, -0.15) is 0 Å². The van der Waals surface area contributed by atoms with Gasteiger partial charge in [0.2, 0.25) is 0 Å². The molecule has 2 N–H and O–H groups in total. The molecule has 0 aliphatic heterocycles. The van der Waals surface area contributed by atoms with Gasteiger partial charge in [0, 0.05) is 24.0 Å². The largest absolute Gasteiger partial charge is 0.481 e. The summed E-state index contributed by atoms with van der Waals surface area (Å²) < 4.78 is 7.62. The minimum atomic E-state index is -0.617. The Morgan fingerprint density at radius 2 is 2.10 bits per heavy atom. The Balaban J connectivity index is 1.79. The molecule has 2 aromatic rings. The normalized spacial score (nSPS) is 12.0. The molecule has 1 atom stereocenters. The molecule has 112 valence electrons. The van der Waals surface area contributed by atoms with Crippen molar-refractivity contribution in [1.29, 1.82) is 0 Å². The highest BCUT2D eigenvalue weighted by Gasteiger charge is 2.16. The van der Waals surface area contributed by atoms with E-state index < -0.39 is 12.0 Å². The molecule has 6 heteroatoms. The molecule has 0 spiro atoms. The number of nitrogens with two attached hydrogens (primary N) is 1. The van der Waals surface area contributed by atoms with Crippen molar-refractivity contribution in [3.05, 3.63) is 48.0 Å². The molecule has 0 aliphatic rings. The fraction of sp³-hybridized carbons (Fsp3) is 0.333. The Kier molecular flexibility index (Phi) is 5.63. The fourth-order valence-corrected chi connectivity index (χ4v) is 2.11. The van der Waals surface area contributed by atoms with Crippen molar-refractivity contribution in [2.75, 3.05) is 0 Å². The first-order valence-corrected chi connectivity index (χ1v) is 7.20. The number of halogens is 1. The molecule has 5 nitrogen and oxygen atoms in total. The minimum absolute atomic E-state index is 0.451. The molecule has 0 bridgehead atoms. The lowest BCUT2D eigenvalue weighted by molar-refractivity contribution is -0.125. The van der Waals surface area contributed by atoms with E-state index in [-0.39, 0.29) is 0 Å². The first-order valence-electron chi connectivity index (χ1n) is 6.82. The summed E-state index contributed by atoms with van der Waals surface area (Å²) in [4.78, 5) is 15.4. The molecule has 0 aliphatic carbocycles. The number of amides is 1. The highest BCUT2D eigenvalue weighted by Crippen LogP contribution is 2.18. The van der Waals surface area contributed by atoms with Gasteiger partial charge in [0.05, 0.1) is 6.33 Å². The average molecular weight is 308 g/mol. The second kappa shape index (κ2) is 7.69. The molecule has 2 rings (SSSR count). The molecule has 1 unspecified atom stereocenters. The summed E-state index contributed by atoms with van der Waals surface area (Å²) in [6, 6.07) is 6.88. The summed E-state index contributed by atoms with van der Waals surface area (Å²) >= 11 is 5.81. The van der Waals surface area contributed by atoms with Crippen LogP contribution in [0, 0.1) is 0 Å². The highest BCUT2D eigenvalue weighted by atomic mass is 35.5. The molecule has 0 saturated carbocycles. The van der Waals surface area contributed by atoms with Crippen LogP contribution in [0.2, 0.25) is 5.02 Å². The van der Waals surface area contributed by atoms with Gasteiger partial charge in [-0.15, -0.1) is 0 Å². The number of imidazole rings is 1. The number of nitrogens with zero attached hydrogens (tertiary/aromatic N) is 2. The third-order valence-electron chi connectivity index (χ3n) is 3.10. The van der Waals surface area contributed by atoms with Crippen molar-refractivity contribution >= 4 is 17.5 Å². The van der Waals surface area contributed by atoms with Crippen molar-refractivity contribution in [2.45, 2.75) is 31.9 Å². The summed E-state index contributed by atoms with van der Waals surface area (Å²) in [7, 11) is 0. The summed E-state index contributed by atoms with van der Waals surface area (Å²) in [5.41, 5.74) is 5.39. The minimum Gasteiger partial charge on any atom is -0.481 e. The molecule has 1 aromatic carbocycles. The topological polar surface area (TPSA) is 70.1 Å². The Labute approximate surface area is 128 Å². The van der Waals surface area contributed by atoms with Crippen molar-refractivity contribution in [2.24, 2.45) is 5.73 Å². The zero-order chi connectivity index (χ0) is 15.1. The van der Waals surface area contributed by atoms with Crippen LogP contribution in [-0.2, 0) is 11.3 Å². The molecular weight excluding hydrogens is 290 g/mol. The maximum atomic E-state index is 11.4. The van der Waals surface area contributed by atoms with Crippen LogP contribution >= 0.6 is 11.6 Å². The van der Waals surface area contributed by atoms with Gasteiger partial charge >= 0.3 is 0 Å². The van der Waals surface area contributed by atoms with E-state index in [2.05, 4.69) is 4.98 Å². The average Bonchev–Trinajstić information content (AvgIpc) is 2.97. The van der Waals surface area contributed by atoms with Crippen LogP contribution in [0.3, 0.4) is 0 Å². The summed E-state index contributed by atoms with van der Waals surface area (Å²) in [5, 5.41) is 0.623. The van der Waals surface area contributed by atoms with E-state index in [1.54, 1.807) is 36.8 Å². The van der Waals surface area contributed by atoms with Gasteiger partial charge in [0.1, 0.15) is 5.75 Å². The maximum Gasteiger partial charge on any atom is 0.258 e. The van der Waals surface area contributed by atoms with Gasteiger partial charge in [-0.25, -0.2) is 4.98 Å². The van der Waals surface area contributed by atoms with Crippen LogP contribution in [-0.4, -0.2) is 21.6 Å². The zero-order valence-corrected chi connectivity index (χ0v) is 12.4. The number of aryl methyl sites for hydroxylation is 1. The number of primary amides is 1. The third kappa shape index (κ3) is 5.11. The van der Waals surface area contributed by atoms with E-state index in [4.69, 9.17) is 22.1 Å². The van der Waals surface area contributed by atoms with Gasteiger partial charge in [0.15, 0.2) is 6.10 Å². The highest BCUT2D eigenvalue weighted by molar-refractivity contribution is 6.30. The maximum absolute atomic E-state index is 11.4. The molecule has 0 saturated heterocycles. The third-order valence-corrected chi connectivity index (χ3v) is 3.35. The first kappa shape index (κ1) is 15.4. The number of rotatable bonds is 8. The number of carbonyl (C=O) groups excluding carboxylic acids is 1. The molecule has 1 aromatic heterocycles. The number of aromatic nitrogens is 2. The van der Waals surface area contributed by atoms with Crippen LogP contribution in [0.4, 0.5) is 0 Å². The smallest absolute Gasteiger partial charge is 0.258 e. The summed E-state index contributed by atoms with van der Waals surface area (Å²) in [5.74, 6) is 0.144. The number of hydrogen-bond acceptors (Lipinski definition) is 3. The SMILES string of the molecule is NC(=O)C(CCCCn1ccnc1)Oc1ccc(Cl)cc1. The molecule has 1 amide bonds. The van der Waals surface area contributed by atoms with Crippen LogP contribution < -0.4 is 10.5 Å². The van der Waals surface area contributed by atoms with E-state index in [1.807, 2.05) is 10.8 Å². The lowest BCUT2D eigenvalue weighted by Gasteiger charge is -2.16. The number of benzene rings is 1. The van der Waals surface area contributed by atoms with Gasteiger partial charge < -0.3 is 15.0 Å². The Bertz CT molecular complexity index is 555. The van der Waals surface area contributed by atoms with Gasteiger partial charge in [0.25, 0.3) is 5.91 Å². The lowest BCUT2D eigenvalue weighted by atomic mass is 10.1. The second-order valence-electron chi connectivity index (χ2n) is 4.76. The van der Waals surface area contributed by atoms with Crippen LogP contribution in [0.1, 0.15) is 19.3 Å². The van der Waals surface area contributed by atoms with Gasteiger partial charge in [-0.3, -0.25) is 4.79 Å². The van der Waals surface area contributed by atoms with Gasteiger partial charge in [-0.1, -0.05) is 11.6 Å².